The van der Waals surface area contributed by atoms with Crippen LogP contribution < -0.4 is 34.5 Å². The third-order valence-corrected chi connectivity index (χ3v) is 15.2. The number of hydrogen-bond acceptors (Lipinski definition) is 5. The van der Waals surface area contributed by atoms with Gasteiger partial charge in [0.1, 0.15) is 12.3 Å². The zero-order valence-electron chi connectivity index (χ0n) is 41.2. The van der Waals surface area contributed by atoms with Gasteiger partial charge in [-0.15, -0.1) is 12.3 Å². The van der Waals surface area contributed by atoms with Crippen molar-refractivity contribution in [3.05, 3.63) is 160 Å². The Bertz CT molecular complexity index is 3020. The summed E-state index contributed by atoms with van der Waals surface area (Å²) in [7, 11) is -4.30. The number of terminal acetylenes is 1. The average Bonchev–Trinajstić information content (AvgIpc) is 3.67. The monoisotopic (exact) mass is 933 g/mol. The number of ketones is 1. The first-order chi connectivity index (χ1) is 32.2. The Labute approximate surface area is 428 Å². The topological polar surface area (TPSA) is 80.5 Å². The van der Waals surface area contributed by atoms with Gasteiger partial charge in [-0.2, -0.15) is 4.58 Å². The molecular weight excluding hydrogens is 868 g/mol. The second-order valence-electron chi connectivity index (χ2n) is 19.7. The van der Waals surface area contributed by atoms with Gasteiger partial charge in [0.2, 0.25) is 5.69 Å². The van der Waals surface area contributed by atoms with Crippen LogP contribution in [0.2, 0.25) is 0 Å². The Balaban J connectivity index is 0.00000684. The van der Waals surface area contributed by atoms with E-state index in [1.54, 1.807) is 0 Å². The summed E-state index contributed by atoms with van der Waals surface area (Å²) in [6.07, 6.45) is 24.2. The minimum absolute atomic E-state index is 0. The van der Waals surface area contributed by atoms with E-state index < -0.39 is 10.1 Å². The molecule has 5 aromatic rings. The number of benzene rings is 5. The van der Waals surface area contributed by atoms with E-state index >= 15 is 0 Å². The average molecular weight is 934 g/mol. The minimum Gasteiger partial charge on any atom is -0.748 e. The Kier molecular flexibility index (Phi) is 16.4. The molecule has 68 heavy (non-hydrogen) atoms. The predicted octanol–water partition coefficient (Wildman–Crippen LogP) is 10.6. The van der Waals surface area contributed by atoms with Crippen molar-refractivity contribution >= 4 is 60.1 Å². The molecule has 0 spiro atoms. The minimum atomic E-state index is -4.30. The maximum Gasteiger partial charge on any atom is 1.00 e. The summed E-state index contributed by atoms with van der Waals surface area (Å²) >= 11 is 0. The predicted molar refractivity (Wildman–Crippen MR) is 278 cm³/mol. The molecule has 346 valence electrons. The number of allylic oxidation sites excluding steroid dienone is 8. The van der Waals surface area contributed by atoms with Crippen LogP contribution in [-0.2, 0) is 32.2 Å². The molecule has 0 N–H and O–H groups in total. The standard InChI is InChI=1S/C60H66N2O4S.Na/c1-7-9-15-40-61-52-36-31-44-19-11-13-24-50(44)57(52)59(3,4)54(61)38-33-46-21-18-22-47(56(46)48-29-26-43(27-30-48)28-35-49(63)23-10-8-2)34-39-55-60(5,6)58-51-25-14-12-20-45(51)32-37-53(58)62(55)41-16-17-42-67(64,65)66;/h2,11-14,19-20,24-27,29-34,36-39H,7,9-10,15-18,21-23,28,35,40-42H2,1,3-6H3;/q;+1. The maximum absolute atomic E-state index is 12.6. The molecule has 3 aliphatic rings. The maximum atomic E-state index is 12.6. The fourth-order valence-corrected chi connectivity index (χ4v) is 11.6. The van der Waals surface area contributed by atoms with E-state index in [0.29, 0.717) is 45.1 Å². The molecule has 0 fully saturated rings. The Hall–Kier alpha value is -4.81. The second-order valence-corrected chi connectivity index (χ2v) is 21.3. The fourth-order valence-electron chi connectivity index (χ4n) is 11.1. The van der Waals surface area contributed by atoms with Crippen LogP contribution in [0.4, 0.5) is 11.4 Å². The molecule has 5 aromatic carbocycles. The van der Waals surface area contributed by atoms with Crippen LogP contribution in [0.1, 0.15) is 128 Å². The summed E-state index contributed by atoms with van der Waals surface area (Å²) in [6.45, 7) is 13.2. The molecule has 8 heteroatoms. The first-order valence-corrected chi connectivity index (χ1v) is 26.1. The van der Waals surface area contributed by atoms with E-state index in [2.05, 4.69) is 171 Å². The summed E-state index contributed by atoms with van der Waals surface area (Å²) in [5, 5.41) is 4.98. The van der Waals surface area contributed by atoms with Crippen LogP contribution >= 0.6 is 0 Å². The van der Waals surface area contributed by atoms with Crippen LogP contribution in [-0.4, -0.2) is 47.9 Å². The van der Waals surface area contributed by atoms with Gasteiger partial charge < -0.3 is 9.45 Å². The Morgan fingerprint density at radius 2 is 1.49 bits per heavy atom. The zero-order chi connectivity index (χ0) is 47.3. The molecule has 0 amide bonds. The van der Waals surface area contributed by atoms with Gasteiger partial charge in [-0.05, 0) is 132 Å². The summed E-state index contributed by atoms with van der Waals surface area (Å²) in [5.74, 6) is 2.43. The van der Waals surface area contributed by atoms with Crippen LogP contribution in [0.25, 0.3) is 27.1 Å². The molecule has 0 saturated heterocycles. The number of carbonyl (C=O) groups excluding carboxylic acids is 1. The second kappa shape index (κ2) is 21.9. The van der Waals surface area contributed by atoms with Gasteiger partial charge in [-0.1, -0.05) is 118 Å². The molecule has 2 heterocycles. The van der Waals surface area contributed by atoms with Crippen LogP contribution in [0.15, 0.2) is 138 Å². The van der Waals surface area contributed by atoms with Crippen molar-refractivity contribution in [3.63, 3.8) is 0 Å². The van der Waals surface area contributed by atoms with Crippen molar-refractivity contribution in [1.29, 1.82) is 0 Å². The van der Waals surface area contributed by atoms with E-state index in [9.17, 15) is 17.8 Å². The largest absolute Gasteiger partial charge is 1.00 e. The quantitative estimate of drug-likeness (QED) is 0.0287. The van der Waals surface area contributed by atoms with Crippen molar-refractivity contribution in [2.24, 2.45) is 0 Å². The number of carbonyl (C=O) groups is 1. The summed E-state index contributed by atoms with van der Waals surface area (Å²) < 4.78 is 37.4. The number of aryl methyl sites for hydroxylation is 1. The molecule has 6 nitrogen and oxygen atoms in total. The van der Waals surface area contributed by atoms with Crippen LogP contribution in [0.3, 0.4) is 0 Å². The molecule has 0 atom stereocenters. The van der Waals surface area contributed by atoms with Crippen molar-refractivity contribution in [2.45, 2.75) is 122 Å². The smallest absolute Gasteiger partial charge is 0.748 e. The molecule has 0 radical (unpaired) electrons. The van der Waals surface area contributed by atoms with E-state index in [-0.39, 0.29) is 51.9 Å². The summed E-state index contributed by atoms with van der Waals surface area (Å²) in [5.41, 5.74) is 13.1. The normalized spacial score (nSPS) is 17.6. The molecule has 1 aliphatic carbocycles. The van der Waals surface area contributed by atoms with Crippen molar-refractivity contribution in [1.82, 2.24) is 0 Å². The van der Waals surface area contributed by atoms with Gasteiger partial charge in [0, 0.05) is 72.5 Å². The van der Waals surface area contributed by atoms with Gasteiger partial charge >= 0.3 is 29.6 Å². The third kappa shape index (κ3) is 10.8. The van der Waals surface area contributed by atoms with Crippen molar-refractivity contribution in [3.8, 4) is 12.3 Å². The Morgan fingerprint density at radius 1 is 0.794 bits per heavy atom. The van der Waals surface area contributed by atoms with Crippen molar-refractivity contribution < 1.29 is 51.9 Å². The number of hydrogen-bond donors (Lipinski definition) is 0. The molecule has 8 rings (SSSR count). The van der Waals surface area contributed by atoms with Gasteiger partial charge in [-0.25, -0.2) is 8.42 Å². The van der Waals surface area contributed by atoms with E-state index in [1.165, 1.54) is 73.6 Å². The van der Waals surface area contributed by atoms with Crippen molar-refractivity contribution in [2.75, 3.05) is 23.7 Å². The molecule has 2 aliphatic heterocycles. The van der Waals surface area contributed by atoms with Gasteiger partial charge in [0.15, 0.2) is 5.71 Å². The summed E-state index contributed by atoms with van der Waals surface area (Å²) in [4.78, 5) is 14.9. The number of rotatable bonds is 18. The number of Topliss-reactive ketones (excluding diaryl/α,β-unsaturated/α-hetero) is 1. The van der Waals surface area contributed by atoms with E-state index in [4.69, 9.17) is 6.42 Å². The third-order valence-electron chi connectivity index (χ3n) is 14.4. The van der Waals surface area contributed by atoms with Crippen LogP contribution in [0, 0.1) is 12.3 Å². The molecular formula is C60H66N2NaO4S+. The Morgan fingerprint density at radius 3 is 2.18 bits per heavy atom. The molecule has 0 saturated carbocycles. The van der Waals surface area contributed by atoms with E-state index in [0.717, 1.165) is 54.7 Å². The molecule has 0 aromatic heterocycles. The SMILES string of the molecule is C#CCCC(=O)CCc1ccc(C2=C(/C=C/C3=[N+](CCCCC)c4ccc5ccccc5c4C3(C)C)CCC/C2=C\C=C2\N(CCCCS(=O)(=O)[O-])c3ccc4ccccc4c3C2(C)C)cc1.[Na+]. The molecule has 0 bridgehead atoms. The summed E-state index contributed by atoms with van der Waals surface area (Å²) in [6, 6.07) is 35.1. The first-order valence-electron chi connectivity index (χ1n) is 24.5. The zero-order valence-corrected chi connectivity index (χ0v) is 44.0. The molecule has 0 unspecified atom stereocenters. The number of fused-ring (bicyclic) bond motifs is 6. The number of unbranched alkanes of at least 4 members (excludes halogenated alkanes) is 3. The number of nitrogens with zero attached hydrogens (tertiary/aromatic N) is 2. The van der Waals surface area contributed by atoms with E-state index in [1.807, 2.05) is 0 Å². The number of anilines is 1. The van der Waals surface area contributed by atoms with Crippen LogP contribution in [0.5, 0.6) is 0 Å². The van der Waals surface area contributed by atoms with Gasteiger partial charge in [0.05, 0.1) is 15.5 Å². The van der Waals surface area contributed by atoms with Gasteiger partial charge in [0.25, 0.3) is 0 Å². The fraction of sp³-hybridized carbons (Fsp3) is 0.367. The van der Waals surface area contributed by atoms with Gasteiger partial charge in [-0.3, -0.25) is 4.79 Å². The first kappa shape index (κ1) is 51.1.